The molecule has 1 heterocycles. The molecule has 3 aromatic carbocycles. The van der Waals surface area contributed by atoms with Gasteiger partial charge in [-0.1, -0.05) is 43.7 Å². The average molecular weight is 439 g/mol. The van der Waals surface area contributed by atoms with E-state index in [1.54, 1.807) is 6.20 Å². The van der Waals surface area contributed by atoms with Crippen molar-refractivity contribution in [3.63, 3.8) is 0 Å². The number of nitrogens with two attached hydrogens (primary N) is 1. The summed E-state index contributed by atoms with van der Waals surface area (Å²) in [4.78, 5) is 16.2. The second-order valence-corrected chi connectivity index (χ2v) is 7.87. The molecule has 0 bridgehead atoms. The van der Waals surface area contributed by atoms with E-state index in [0.717, 1.165) is 41.0 Å². The Morgan fingerprint density at radius 1 is 1.06 bits per heavy atom. The van der Waals surface area contributed by atoms with Crippen molar-refractivity contribution in [2.45, 2.75) is 26.7 Å². The Balaban J connectivity index is 1.62. The fourth-order valence-electron chi connectivity index (χ4n) is 3.65. The van der Waals surface area contributed by atoms with Gasteiger partial charge in [0.2, 0.25) is 0 Å². The van der Waals surface area contributed by atoms with Gasteiger partial charge in [0.1, 0.15) is 17.1 Å². The zero-order chi connectivity index (χ0) is 23.2. The number of rotatable bonds is 8. The molecular weight excluding hydrogens is 412 g/mol. The van der Waals surface area contributed by atoms with Gasteiger partial charge in [-0.15, -0.1) is 10.2 Å². The van der Waals surface area contributed by atoms with Gasteiger partial charge in [-0.05, 0) is 54.6 Å². The lowest BCUT2D eigenvalue weighted by molar-refractivity contribution is 0.111. The van der Waals surface area contributed by atoms with E-state index >= 15 is 0 Å². The Morgan fingerprint density at radius 2 is 1.91 bits per heavy atom. The molecule has 0 spiro atoms. The van der Waals surface area contributed by atoms with Crippen LogP contribution in [0, 0.1) is 6.92 Å². The van der Waals surface area contributed by atoms with Gasteiger partial charge < -0.3 is 10.5 Å². The number of carbonyl (C=O) groups excluding carboxylic acids is 1. The van der Waals surface area contributed by atoms with Crippen molar-refractivity contribution in [1.82, 2.24) is 4.98 Å². The van der Waals surface area contributed by atoms with Crippen LogP contribution in [-0.4, -0.2) is 17.9 Å². The fraction of sp³-hybridized carbons (Fsp3) is 0.185. The summed E-state index contributed by atoms with van der Waals surface area (Å²) in [6, 6.07) is 19.2. The molecule has 0 aliphatic heterocycles. The van der Waals surface area contributed by atoms with Crippen molar-refractivity contribution >= 4 is 34.1 Å². The molecule has 4 aromatic rings. The Hall–Kier alpha value is -4.06. The van der Waals surface area contributed by atoms with Gasteiger partial charge in [0.15, 0.2) is 6.29 Å². The van der Waals surface area contributed by atoms with Crippen LogP contribution in [-0.2, 0) is 0 Å². The number of fused-ring (bicyclic) bond motifs is 1. The molecule has 0 saturated heterocycles. The second kappa shape index (κ2) is 10.0. The number of anilines is 1. The molecule has 33 heavy (non-hydrogen) atoms. The Kier molecular flexibility index (Phi) is 6.74. The number of ether oxygens (including phenoxy) is 1. The first-order valence-corrected chi connectivity index (χ1v) is 11.0. The number of carbonyl (C=O) groups is 1. The van der Waals surface area contributed by atoms with Crippen LogP contribution in [0.25, 0.3) is 22.0 Å². The predicted molar refractivity (Wildman–Crippen MR) is 133 cm³/mol. The number of hydrogen-bond donors (Lipinski definition) is 1. The summed E-state index contributed by atoms with van der Waals surface area (Å²) in [5.74, 6) is 0.565. The molecule has 0 radical (unpaired) electrons. The maximum absolute atomic E-state index is 11.6. The minimum absolute atomic E-state index is 0.526. The van der Waals surface area contributed by atoms with Crippen molar-refractivity contribution in [2.24, 2.45) is 10.2 Å². The molecule has 0 atom stereocenters. The molecule has 166 valence electrons. The minimum atomic E-state index is 0.526. The van der Waals surface area contributed by atoms with Crippen LogP contribution in [0.5, 0.6) is 5.75 Å². The van der Waals surface area contributed by atoms with E-state index in [1.165, 1.54) is 0 Å². The Bertz CT molecular complexity index is 1310. The SMILES string of the molecule is CCCCOc1c(C=O)cc(C)cc1-c1ccc(N=Nc2ccc3ccccc3c2N)cn1. The van der Waals surface area contributed by atoms with Crippen LogP contribution < -0.4 is 10.5 Å². The van der Waals surface area contributed by atoms with Crippen LogP contribution in [0.1, 0.15) is 35.7 Å². The number of aryl methyl sites for hydroxylation is 1. The number of unbranched alkanes of at least 4 members (excludes halogenated alkanes) is 1. The lowest BCUT2D eigenvalue weighted by atomic mass is 10.0. The van der Waals surface area contributed by atoms with Gasteiger partial charge in [-0.3, -0.25) is 9.78 Å². The van der Waals surface area contributed by atoms with Crippen LogP contribution >= 0.6 is 0 Å². The van der Waals surface area contributed by atoms with Crippen LogP contribution in [0.4, 0.5) is 17.1 Å². The Morgan fingerprint density at radius 3 is 2.67 bits per heavy atom. The lowest BCUT2D eigenvalue weighted by Gasteiger charge is -2.14. The molecule has 0 saturated carbocycles. The van der Waals surface area contributed by atoms with Crippen LogP contribution in [0.2, 0.25) is 0 Å². The third kappa shape index (κ3) is 4.90. The molecule has 0 aliphatic carbocycles. The zero-order valence-corrected chi connectivity index (χ0v) is 18.8. The molecular formula is C27H26N4O2. The summed E-state index contributed by atoms with van der Waals surface area (Å²) >= 11 is 0. The summed E-state index contributed by atoms with van der Waals surface area (Å²) in [7, 11) is 0. The van der Waals surface area contributed by atoms with Gasteiger partial charge in [0.05, 0.1) is 29.7 Å². The Labute approximate surface area is 193 Å². The number of aldehydes is 1. The third-order valence-electron chi connectivity index (χ3n) is 5.38. The average Bonchev–Trinajstić information content (AvgIpc) is 2.85. The molecule has 6 heteroatoms. The molecule has 4 rings (SSSR count). The van der Waals surface area contributed by atoms with Crippen molar-refractivity contribution in [3.05, 3.63) is 78.0 Å². The number of benzene rings is 3. The standard InChI is InChI=1S/C27H26N4O2/c1-3-4-13-33-27-20(17-32)14-18(2)15-23(27)24-12-10-21(16-29-24)30-31-25-11-9-19-7-5-6-8-22(19)26(25)28/h5-12,14-17H,3-4,13,28H2,1-2H3. The highest BCUT2D eigenvalue weighted by Crippen LogP contribution is 2.35. The summed E-state index contributed by atoms with van der Waals surface area (Å²) in [5.41, 5.74) is 11.1. The number of nitrogen functional groups attached to an aromatic ring is 1. The number of aromatic nitrogens is 1. The smallest absolute Gasteiger partial charge is 0.153 e. The van der Waals surface area contributed by atoms with Crippen LogP contribution in [0.3, 0.4) is 0 Å². The maximum atomic E-state index is 11.6. The number of hydrogen-bond acceptors (Lipinski definition) is 6. The molecule has 0 amide bonds. The summed E-state index contributed by atoms with van der Waals surface area (Å²) in [5, 5.41) is 10.6. The van der Waals surface area contributed by atoms with Gasteiger partial charge in [0, 0.05) is 10.9 Å². The summed E-state index contributed by atoms with van der Waals surface area (Å²) in [6.07, 6.45) is 4.40. The van der Waals surface area contributed by atoms with Gasteiger partial charge in [0.25, 0.3) is 0 Å². The lowest BCUT2D eigenvalue weighted by Crippen LogP contribution is -2.02. The molecule has 0 aliphatic rings. The van der Waals surface area contributed by atoms with Gasteiger partial charge in [-0.2, -0.15) is 0 Å². The number of nitrogens with zero attached hydrogens (tertiary/aromatic N) is 3. The van der Waals surface area contributed by atoms with E-state index in [4.69, 9.17) is 10.5 Å². The van der Waals surface area contributed by atoms with Crippen molar-refractivity contribution in [1.29, 1.82) is 0 Å². The van der Waals surface area contributed by atoms with Crippen molar-refractivity contribution < 1.29 is 9.53 Å². The normalized spacial score (nSPS) is 11.2. The highest BCUT2D eigenvalue weighted by atomic mass is 16.5. The number of pyridine rings is 1. The minimum Gasteiger partial charge on any atom is -0.492 e. The fourth-order valence-corrected chi connectivity index (χ4v) is 3.65. The maximum Gasteiger partial charge on any atom is 0.153 e. The molecule has 0 unspecified atom stereocenters. The molecule has 2 N–H and O–H groups in total. The monoisotopic (exact) mass is 438 g/mol. The van der Waals surface area contributed by atoms with Gasteiger partial charge in [-0.25, -0.2) is 0 Å². The summed E-state index contributed by atoms with van der Waals surface area (Å²) in [6.45, 7) is 4.59. The predicted octanol–water partition coefficient (Wildman–Crippen LogP) is 7.20. The first-order valence-electron chi connectivity index (χ1n) is 11.0. The van der Waals surface area contributed by atoms with Gasteiger partial charge >= 0.3 is 0 Å². The topological polar surface area (TPSA) is 89.9 Å². The molecule has 6 nitrogen and oxygen atoms in total. The van der Waals surface area contributed by atoms with Crippen molar-refractivity contribution in [3.8, 4) is 17.0 Å². The van der Waals surface area contributed by atoms with Crippen LogP contribution in [0.15, 0.2) is 77.1 Å². The van der Waals surface area contributed by atoms with E-state index in [1.807, 2.05) is 67.6 Å². The molecule has 0 fully saturated rings. The number of azo groups is 1. The second-order valence-electron chi connectivity index (χ2n) is 7.87. The van der Waals surface area contributed by atoms with E-state index < -0.39 is 0 Å². The zero-order valence-electron chi connectivity index (χ0n) is 18.8. The van der Waals surface area contributed by atoms with Crippen molar-refractivity contribution in [2.75, 3.05) is 12.3 Å². The van der Waals surface area contributed by atoms with E-state index in [9.17, 15) is 4.79 Å². The largest absolute Gasteiger partial charge is 0.492 e. The molecule has 1 aromatic heterocycles. The van der Waals surface area contributed by atoms with E-state index in [0.29, 0.717) is 40.7 Å². The quantitative estimate of drug-likeness (QED) is 0.136. The first-order chi connectivity index (χ1) is 16.1. The van der Waals surface area contributed by atoms with E-state index in [-0.39, 0.29) is 0 Å². The third-order valence-corrected chi connectivity index (χ3v) is 5.38. The first kappa shape index (κ1) is 22.1. The highest BCUT2D eigenvalue weighted by molar-refractivity contribution is 5.98. The summed E-state index contributed by atoms with van der Waals surface area (Å²) < 4.78 is 5.97. The highest BCUT2D eigenvalue weighted by Gasteiger charge is 2.14. The van der Waals surface area contributed by atoms with E-state index in [2.05, 4.69) is 22.1 Å².